The van der Waals surface area contributed by atoms with E-state index in [4.69, 9.17) is 0 Å². The van der Waals surface area contributed by atoms with Gasteiger partial charge in [0.15, 0.2) is 0 Å². The summed E-state index contributed by atoms with van der Waals surface area (Å²) in [7, 11) is 0. The molecule has 23 heavy (non-hydrogen) atoms. The van der Waals surface area contributed by atoms with Crippen LogP contribution in [0.4, 0.5) is 10.5 Å². The number of hydrogen-bond donors (Lipinski definition) is 3. The van der Waals surface area contributed by atoms with E-state index in [0.29, 0.717) is 5.69 Å². The maximum absolute atomic E-state index is 12.2. The summed E-state index contributed by atoms with van der Waals surface area (Å²) >= 11 is 1.40. The number of nitrogens with one attached hydrogen (secondary N) is 2. The molecule has 122 valence electrons. The third kappa shape index (κ3) is 2.63. The van der Waals surface area contributed by atoms with Crippen LogP contribution in [0.2, 0.25) is 0 Å². The van der Waals surface area contributed by atoms with Gasteiger partial charge in [-0.2, -0.15) is 0 Å². The minimum absolute atomic E-state index is 0.347. The van der Waals surface area contributed by atoms with E-state index in [9.17, 15) is 19.5 Å². The van der Waals surface area contributed by atoms with Crippen LogP contribution in [-0.2, 0) is 9.59 Å². The van der Waals surface area contributed by atoms with E-state index < -0.39 is 28.8 Å². The van der Waals surface area contributed by atoms with Gasteiger partial charge in [-0.05, 0) is 26.0 Å². The molecule has 1 aromatic rings. The Morgan fingerprint density at radius 2 is 1.91 bits per heavy atom. The second kappa shape index (κ2) is 5.45. The molecule has 3 rings (SSSR count). The van der Waals surface area contributed by atoms with Gasteiger partial charge in [0, 0.05) is 10.4 Å². The zero-order valence-corrected chi connectivity index (χ0v) is 13.5. The third-order valence-corrected chi connectivity index (χ3v) is 5.56. The van der Waals surface area contributed by atoms with Crippen molar-refractivity contribution in [1.29, 1.82) is 0 Å². The molecule has 2 heterocycles. The number of carboxylic acids is 1. The molecule has 3 amide bonds. The quantitative estimate of drug-likeness (QED) is 0.724. The number of benzene rings is 1. The predicted octanol–water partition coefficient (Wildman–Crippen LogP) is 1.32. The number of rotatable bonds is 3. The van der Waals surface area contributed by atoms with Crippen LogP contribution < -0.4 is 10.6 Å². The number of thioether (sulfide) groups is 1. The van der Waals surface area contributed by atoms with Crippen LogP contribution in [0.5, 0.6) is 0 Å². The summed E-state index contributed by atoms with van der Waals surface area (Å²) in [6, 6.07) is 6.83. The van der Waals surface area contributed by atoms with E-state index in [-0.39, 0.29) is 11.3 Å². The molecule has 3 atom stereocenters. The fourth-order valence-electron chi connectivity index (χ4n) is 2.98. The van der Waals surface area contributed by atoms with Crippen LogP contribution in [0.15, 0.2) is 30.3 Å². The number of carbonyl (C=O) groups excluding carboxylic acids is 2. The molecule has 0 unspecified atom stereocenters. The van der Waals surface area contributed by atoms with Gasteiger partial charge < -0.3 is 20.6 Å². The molecule has 0 spiro atoms. The van der Waals surface area contributed by atoms with Crippen LogP contribution in [0.1, 0.15) is 13.8 Å². The summed E-state index contributed by atoms with van der Waals surface area (Å²) in [4.78, 5) is 37.0. The fourth-order valence-corrected chi connectivity index (χ4v) is 4.60. The van der Waals surface area contributed by atoms with E-state index in [2.05, 4.69) is 10.6 Å². The van der Waals surface area contributed by atoms with Crippen LogP contribution in [-0.4, -0.2) is 50.1 Å². The van der Waals surface area contributed by atoms with Gasteiger partial charge in [-0.25, -0.2) is 9.59 Å². The van der Waals surface area contributed by atoms with Gasteiger partial charge in [0.1, 0.15) is 17.5 Å². The SMILES string of the molecule is CC1(C)S[C@H]2[C@H](NC(=O)Nc3ccccc3)C(=O)N2[C@H]1C(=O)O. The van der Waals surface area contributed by atoms with Crippen molar-refractivity contribution in [3.05, 3.63) is 30.3 Å². The summed E-state index contributed by atoms with van der Waals surface area (Å²) in [6.45, 7) is 3.59. The molecule has 0 aliphatic carbocycles. The van der Waals surface area contributed by atoms with Gasteiger partial charge in [0.2, 0.25) is 5.91 Å². The highest BCUT2D eigenvalue weighted by Crippen LogP contribution is 2.50. The van der Waals surface area contributed by atoms with Crippen molar-refractivity contribution in [2.24, 2.45) is 0 Å². The van der Waals surface area contributed by atoms with Crippen molar-refractivity contribution in [3.8, 4) is 0 Å². The zero-order valence-electron chi connectivity index (χ0n) is 12.6. The molecule has 1 aromatic carbocycles. The first-order valence-electron chi connectivity index (χ1n) is 7.16. The Morgan fingerprint density at radius 3 is 2.52 bits per heavy atom. The Kier molecular flexibility index (Phi) is 3.71. The predicted molar refractivity (Wildman–Crippen MR) is 86.1 cm³/mol. The molecular formula is C15H17N3O4S. The van der Waals surface area contributed by atoms with E-state index in [1.807, 2.05) is 6.07 Å². The van der Waals surface area contributed by atoms with Crippen molar-refractivity contribution in [2.75, 3.05) is 5.32 Å². The fraction of sp³-hybridized carbons (Fsp3) is 0.400. The molecule has 8 heteroatoms. The molecule has 0 aromatic heterocycles. The summed E-state index contributed by atoms with van der Waals surface area (Å²) in [5.41, 5.74) is 0.622. The van der Waals surface area contributed by atoms with Crippen molar-refractivity contribution in [3.63, 3.8) is 0 Å². The highest BCUT2D eigenvalue weighted by Gasteiger charge is 2.64. The van der Waals surface area contributed by atoms with Crippen LogP contribution in [0, 0.1) is 0 Å². The maximum atomic E-state index is 12.2. The molecular weight excluding hydrogens is 318 g/mol. The Balaban J connectivity index is 1.66. The first-order valence-corrected chi connectivity index (χ1v) is 8.04. The number of β-lactam (4-membered cyclic amide) rings is 1. The smallest absolute Gasteiger partial charge is 0.327 e. The van der Waals surface area contributed by atoms with Crippen LogP contribution in [0.3, 0.4) is 0 Å². The lowest BCUT2D eigenvalue weighted by molar-refractivity contribution is -0.159. The number of hydrogen-bond acceptors (Lipinski definition) is 4. The summed E-state index contributed by atoms with van der Waals surface area (Å²) in [6.07, 6.45) is 0. The third-order valence-electron chi connectivity index (χ3n) is 3.99. The lowest BCUT2D eigenvalue weighted by atomic mass is 9.96. The van der Waals surface area contributed by atoms with Crippen molar-refractivity contribution < 1.29 is 19.5 Å². The summed E-state index contributed by atoms with van der Waals surface area (Å²) in [5, 5.41) is 14.3. The molecule has 0 radical (unpaired) electrons. The van der Waals surface area contributed by atoms with E-state index in [0.717, 1.165) is 0 Å². The Morgan fingerprint density at radius 1 is 1.26 bits per heavy atom. The topological polar surface area (TPSA) is 98.7 Å². The van der Waals surface area contributed by atoms with Gasteiger partial charge in [-0.1, -0.05) is 18.2 Å². The molecule has 2 saturated heterocycles. The largest absolute Gasteiger partial charge is 0.480 e. The Bertz CT molecular complexity index is 664. The number of nitrogens with zero attached hydrogens (tertiary/aromatic N) is 1. The summed E-state index contributed by atoms with van der Waals surface area (Å²) in [5.74, 6) is -1.38. The number of urea groups is 1. The normalized spacial score (nSPS) is 27.8. The molecule has 2 aliphatic rings. The van der Waals surface area contributed by atoms with Crippen LogP contribution in [0.25, 0.3) is 0 Å². The molecule has 2 aliphatic heterocycles. The number of carbonyl (C=O) groups is 3. The van der Waals surface area contributed by atoms with Gasteiger partial charge in [-0.15, -0.1) is 11.8 Å². The number of anilines is 1. The zero-order chi connectivity index (χ0) is 16.8. The highest BCUT2D eigenvalue weighted by atomic mass is 32.2. The van der Waals surface area contributed by atoms with E-state index in [1.165, 1.54) is 16.7 Å². The van der Waals surface area contributed by atoms with E-state index in [1.54, 1.807) is 38.1 Å². The minimum Gasteiger partial charge on any atom is -0.480 e. The molecule has 3 N–H and O–H groups in total. The van der Waals surface area contributed by atoms with Crippen molar-refractivity contribution in [1.82, 2.24) is 10.2 Å². The lowest BCUT2D eigenvalue weighted by Gasteiger charge is -2.43. The van der Waals surface area contributed by atoms with Crippen LogP contribution >= 0.6 is 11.8 Å². The molecule has 0 saturated carbocycles. The molecule has 0 bridgehead atoms. The average Bonchev–Trinajstić information content (AvgIpc) is 2.74. The first kappa shape index (κ1) is 15.7. The monoisotopic (exact) mass is 335 g/mol. The van der Waals surface area contributed by atoms with Crippen molar-refractivity contribution in [2.45, 2.75) is 36.1 Å². The van der Waals surface area contributed by atoms with E-state index >= 15 is 0 Å². The van der Waals surface area contributed by atoms with Gasteiger partial charge >= 0.3 is 12.0 Å². The average molecular weight is 335 g/mol. The Hall–Kier alpha value is -2.22. The number of aliphatic carboxylic acids is 1. The number of carboxylic acid groups (broad SMARTS) is 1. The standard InChI is InChI=1S/C15H17N3O4S/c1-15(2)10(13(20)21)18-11(19)9(12(18)23-15)17-14(22)16-8-6-4-3-5-7-8/h3-7,9-10,12H,1-2H3,(H,20,21)(H2,16,17,22)/t9-,10+,12+/m1/s1. The number of para-hydroxylation sites is 1. The summed E-state index contributed by atoms with van der Waals surface area (Å²) < 4.78 is -0.599. The maximum Gasteiger partial charge on any atom is 0.327 e. The Labute approximate surface area is 137 Å². The lowest BCUT2D eigenvalue weighted by Crippen LogP contribution is -2.70. The minimum atomic E-state index is -1.02. The van der Waals surface area contributed by atoms with Crippen molar-refractivity contribution >= 4 is 35.4 Å². The highest BCUT2D eigenvalue weighted by molar-refractivity contribution is 8.01. The number of fused-ring (bicyclic) bond motifs is 1. The second-order valence-corrected chi connectivity index (χ2v) is 7.81. The first-order chi connectivity index (χ1) is 10.8. The van der Waals surface area contributed by atoms with Gasteiger partial charge in [0.05, 0.1) is 0 Å². The second-order valence-electron chi connectivity index (χ2n) is 6.04. The number of amides is 3. The van der Waals surface area contributed by atoms with Gasteiger partial charge in [0.25, 0.3) is 0 Å². The molecule has 2 fully saturated rings. The molecule has 7 nitrogen and oxygen atoms in total. The van der Waals surface area contributed by atoms with Gasteiger partial charge in [-0.3, -0.25) is 4.79 Å².